The molecule has 0 saturated heterocycles. The Hall–Kier alpha value is -2.44. The number of carbonyl (C=O) groups is 2. The minimum atomic E-state index is -0.561. The average Bonchev–Trinajstić information content (AvgIpc) is 2.37. The van der Waals surface area contributed by atoms with E-state index in [0.29, 0.717) is 11.4 Å². The molecule has 0 bridgehead atoms. The van der Waals surface area contributed by atoms with Crippen LogP contribution in [0.4, 0.5) is 10.5 Å². The van der Waals surface area contributed by atoms with Crippen molar-refractivity contribution >= 4 is 17.7 Å². The molecule has 0 aliphatic rings. The van der Waals surface area contributed by atoms with Crippen LogP contribution in [0.3, 0.4) is 0 Å². The third kappa shape index (κ3) is 3.85. The van der Waals surface area contributed by atoms with E-state index in [-0.39, 0.29) is 0 Å². The highest BCUT2D eigenvalue weighted by Gasteiger charge is 2.13. The van der Waals surface area contributed by atoms with Gasteiger partial charge in [0.05, 0.1) is 7.11 Å². The molecule has 1 aromatic carbocycles. The highest BCUT2D eigenvalue weighted by Crippen LogP contribution is 2.19. The number of nitrogens with zero attached hydrogens (tertiary/aromatic N) is 1. The maximum absolute atomic E-state index is 11.2. The van der Waals surface area contributed by atoms with Crippen molar-refractivity contribution in [1.82, 2.24) is 10.7 Å². The maximum atomic E-state index is 11.2. The first-order valence-electron chi connectivity index (χ1n) is 5.18. The first kappa shape index (κ1) is 13.6. The van der Waals surface area contributed by atoms with Crippen LogP contribution in [0.15, 0.2) is 24.3 Å². The second kappa shape index (κ2) is 6.33. The molecule has 1 rings (SSSR count). The van der Waals surface area contributed by atoms with Crippen molar-refractivity contribution in [3.8, 4) is 5.75 Å². The molecule has 0 saturated carbocycles. The number of nitrogens with one attached hydrogen (secondary N) is 2. The standard InChI is InChI=1S/C11H15N3O4/c1-8(15)18-14(13-11(16)12-2)9-5-4-6-10(7-9)17-3/h4-7H,1-3H3,(H2,12,13,16). The van der Waals surface area contributed by atoms with Crippen LogP contribution in [-0.4, -0.2) is 26.2 Å². The number of methoxy groups -OCH3 is 1. The molecule has 7 nitrogen and oxygen atoms in total. The van der Waals surface area contributed by atoms with Crippen molar-refractivity contribution in [2.45, 2.75) is 6.92 Å². The maximum Gasteiger partial charge on any atom is 0.335 e. The molecular weight excluding hydrogens is 238 g/mol. The molecule has 0 atom stereocenters. The Bertz CT molecular complexity index is 436. The summed E-state index contributed by atoms with van der Waals surface area (Å²) in [6.45, 7) is 1.23. The van der Waals surface area contributed by atoms with Gasteiger partial charge in [-0.2, -0.15) is 0 Å². The van der Waals surface area contributed by atoms with Gasteiger partial charge in [0.2, 0.25) is 0 Å². The Morgan fingerprint density at radius 1 is 1.33 bits per heavy atom. The summed E-state index contributed by atoms with van der Waals surface area (Å²) in [7, 11) is 2.97. The van der Waals surface area contributed by atoms with E-state index in [4.69, 9.17) is 9.57 Å². The Kier molecular flexibility index (Phi) is 4.79. The van der Waals surface area contributed by atoms with Crippen LogP contribution in [-0.2, 0) is 9.63 Å². The zero-order chi connectivity index (χ0) is 13.5. The third-order valence-electron chi connectivity index (χ3n) is 1.94. The van der Waals surface area contributed by atoms with Crippen LogP contribution < -0.4 is 20.7 Å². The Morgan fingerprint density at radius 2 is 2.06 bits per heavy atom. The molecule has 0 radical (unpaired) electrons. The highest BCUT2D eigenvalue weighted by atomic mass is 16.7. The minimum Gasteiger partial charge on any atom is -0.497 e. The molecule has 0 fully saturated rings. The quantitative estimate of drug-likeness (QED) is 0.777. The Morgan fingerprint density at radius 3 is 2.61 bits per heavy atom. The Labute approximate surface area is 105 Å². The van der Waals surface area contributed by atoms with E-state index in [9.17, 15) is 9.59 Å². The molecular formula is C11H15N3O4. The molecule has 1 aromatic rings. The van der Waals surface area contributed by atoms with Crippen molar-refractivity contribution in [2.75, 3.05) is 19.3 Å². The van der Waals surface area contributed by atoms with E-state index in [1.54, 1.807) is 24.3 Å². The van der Waals surface area contributed by atoms with Crippen LogP contribution in [0.2, 0.25) is 0 Å². The second-order valence-electron chi connectivity index (χ2n) is 3.27. The fourth-order valence-corrected chi connectivity index (χ4v) is 1.15. The van der Waals surface area contributed by atoms with Crippen molar-refractivity contribution in [2.24, 2.45) is 0 Å². The fourth-order valence-electron chi connectivity index (χ4n) is 1.15. The van der Waals surface area contributed by atoms with Gasteiger partial charge in [-0.15, -0.1) is 5.17 Å². The first-order chi connectivity index (χ1) is 8.56. The zero-order valence-electron chi connectivity index (χ0n) is 10.4. The van der Waals surface area contributed by atoms with E-state index in [2.05, 4.69) is 10.7 Å². The van der Waals surface area contributed by atoms with Gasteiger partial charge in [-0.05, 0) is 12.1 Å². The number of hydrazine groups is 1. The topological polar surface area (TPSA) is 79.9 Å². The molecule has 98 valence electrons. The van der Waals surface area contributed by atoms with Crippen LogP contribution in [0, 0.1) is 0 Å². The van der Waals surface area contributed by atoms with Crippen LogP contribution in [0.1, 0.15) is 6.92 Å². The number of carbonyl (C=O) groups excluding carboxylic acids is 2. The van der Waals surface area contributed by atoms with Gasteiger partial charge >= 0.3 is 12.0 Å². The lowest BCUT2D eigenvalue weighted by Crippen LogP contribution is -2.47. The number of amides is 2. The number of hydrogen-bond acceptors (Lipinski definition) is 5. The molecule has 0 aromatic heterocycles. The van der Waals surface area contributed by atoms with Gasteiger partial charge in [0.1, 0.15) is 11.4 Å². The van der Waals surface area contributed by atoms with Gasteiger partial charge in [0.25, 0.3) is 0 Å². The monoisotopic (exact) mass is 253 g/mol. The zero-order valence-corrected chi connectivity index (χ0v) is 10.4. The van der Waals surface area contributed by atoms with Crippen molar-refractivity contribution < 1.29 is 19.2 Å². The predicted octanol–water partition coefficient (Wildman–Crippen LogP) is 0.824. The van der Waals surface area contributed by atoms with E-state index >= 15 is 0 Å². The molecule has 0 aliphatic carbocycles. The number of urea groups is 1. The van der Waals surface area contributed by atoms with Gasteiger partial charge < -0.3 is 14.9 Å². The highest BCUT2D eigenvalue weighted by molar-refractivity contribution is 5.76. The molecule has 0 spiro atoms. The third-order valence-corrected chi connectivity index (χ3v) is 1.94. The van der Waals surface area contributed by atoms with Gasteiger partial charge in [-0.1, -0.05) is 6.07 Å². The summed E-state index contributed by atoms with van der Waals surface area (Å²) in [6, 6.07) is 6.19. The number of ether oxygens (including phenoxy) is 1. The predicted molar refractivity (Wildman–Crippen MR) is 64.8 cm³/mol. The number of anilines is 1. The van der Waals surface area contributed by atoms with E-state index in [0.717, 1.165) is 5.17 Å². The summed E-state index contributed by atoms with van der Waals surface area (Å²) in [5.41, 5.74) is 2.80. The molecule has 0 aliphatic heterocycles. The van der Waals surface area contributed by atoms with Crippen LogP contribution >= 0.6 is 0 Å². The van der Waals surface area contributed by atoms with E-state index in [1.165, 1.54) is 21.1 Å². The number of hydrogen-bond donors (Lipinski definition) is 2. The summed E-state index contributed by atoms with van der Waals surface area (Å²) >= 11 is 0. The van der Waals surface area contributed by atoms with Crippen LogP contribution in [0.5, 0.6) is 5.75 Å². The molecule has 0 heterocycles. The SMILES string of the molecule is CNC(=O)NN(OC(C)=O)c1cccc(OC)c1. The normalized spacial score (nSPS) is 9.28. The second-order valence-corrected chi connectivity index (χ2v) is 3.27. The van der Waals surface area contributed by atoms with Crippen molar-refractivity contribution in [1.29, 1.82) is 0 Å². The van der Waals surface area contributed by atoms with Gasteiger partial charge in [0.15, 0.2) is 0 Å². The van der Waals surface area contributed by atoms with Crippen LogP contribution in [0.25, 0.3) is 0 Å². The summed E-state index contributed by atoms with van der Waals surface area (Å²) in [5, 5.41) is 3.31. The smallest absolute Gasteiger partial charge is 0.335 e. The summed E-state index contributed by atoms with van der Waals surface area (Å²) in [6.07, 6.45) is 0. The lowest BCUT2D eigenvalue weighted by molar-refractivity contribution is -0.143. The molecule has 2 N–H and O–H groups in total. The number of rotatable bonds is 4. The molecule has 2 amide bonds. The van der Waals surface area contributed by atoms with Crippen molar-refractivity contribution in [3.05, 3.63) is 24.3 Å². The van der Waals surface area contributed by atoms with Gasteiger partial charge in [-0.3, -0.25) is 0 Å². The minimum absolute atomic E-state index is 0.452. The summed E-state index contributed by atoms with van der Waals surface area (Å²) < 4.78 is 5.05. The van der Waals surface area contributed by atoms with E-state index in [1.807, 2.05) is 0 Å². The fraction of sp³-hybridized carbons (Fsp3) is 0.273. The Balaban J connectivity index is 2.92. The van der Waals surface area contributed by atoms with Gasteiger partial charge in [-0.25, -0.2) is 15.0 Å². The molecule has 0 unspecified atom stereocenters. The average molecular weight is 253 g/mol. The summed E-state index contributed by atoms with van der Waals surface area (Å²) in [4.78, 5) is 27.1. The van der Waals surface area contributed by atoms with E-state index < -0.39 is 12.0 Å². The lowest BCUT2D eigenvalue weighted by atomic mass is 10.3. The molecule has 7 heteroatoms. The lowest BCUT2D eigenvalue weighted by Gasteiger charge is -2.22. The molecule has 18 heavy (non-hydrogen) atoms. The van der Waals surface area contributed by atoms with Crippen molar-refractivity contribution in [3.63, 3.8) is 0 Å². The first-order valence-corrected chi connectivity index (χ1v) is 5.18. The summed E-state index contributed by atoms with van der Waals surface area (Å²) in [5.74, 6) is 0.0116. The largest absolute Gasteiger partial charge is 0.497 e. The number of benzene rings is 1. The van der Waals surface area contributed by atoms with Gasteiger partial charge in [0, 0.05) is 20.0 Å².